The lowest BCUT2D eigenvalue weighted by Gasteiger charge is -2.43. The lowest BCUT2D eigenvalue weighted by Crippen LogP contribution is -2.67. The van der Waals surface area contributed by atoms with Crippen LogP contribution >= 0.6 is 63.7 Å². The molecule has 6 aliphatic rings. The van der Waals surface area contributed by atoms with Gasteiger partial charge in [-0.05, 0) is 210 Å². The number of nitrogens with zero attached hydrogens (tertiary/aromatic N) is 4. The molecule has 8 heterocycles. The third-order valence-electron chi connectivity index (χ3n) is 19.3. The van der Waals surface area contributed by atoms with Gasteiger partial charge in [0.05, 0.1) is 34.1 Å². The second kappa shape index (κ2) is 18.6. The molecule has 0 unspecified atom stereocenters. The maximum atomic E-state index is 7.89. The smallest absolute Gasteiger partial charge is 0.601 e. The van der Waals surface area contributed by atoms with Crippen LogP contribution in [0.4, 0.5) is 0 Å². The quantitative estimate of drug-likeness (QED) is 0.162. The SMILES string of the molecule is CC1=CC(C)=[N+]2C1=C(c1ccc(C3=C(C)C4=C(C)c5c(C)cc(C)n5[B-]5(Oc6ccc7cc(Br)ccc7c6-c6c(ccc7cc(Br)ccc67)O5)[N+]4=C3C)cc1)c1c(C)cc(C)n1[B-]21Oc2ccc3cc(Br)ccc3c2-c2c(ccc3cc(Br)ccc23)O1. The molecule has 0 fully saturated rings. The van der Waals surface area contributed by atoms with Gasteiger partial charge in [-0.3, -0.25) is 0 Å². The zero-order valence-corrected chi connectivity index (χ0v) is 55.5. The Balaban J connectivity index is 0.847. The van der Waals surface area contributed by atoms with Crippen LogP contribution in [0.1, 0.15) is 79.6 Å². The Morgan fingerprint density at radius 2 is 0.736 bits per heavy atom. The fourth-order valence-corrected chi connectivity index (χ4v) is 17.7. The Hall–Kier alpha value is -7.87. The number of fused-ring (bicyclic) bond motifs is 22. The normalized spacial score (nSPS) is 16.7. The van der Waals surface area contributed by atoms with E-state index in [1.54, 1.807) is 0 Å². The number of hydrogen-bond acceptors (Lipinski definition) is 4. The van der Waals surface area contributed by atoms with E-state index in [0.717, 1.165) is 191 Å². The van der Waals surface area contributed by atoms with Crippen LogP contribution in [0, 0.1) is 27.7 Å². The van der Waals surface area contributed by atoms with E-state index in [9.17, 15) is 0 Å². The van der Waals surface area contributed by atoms with Crippen molar-refractivity contribution in [3.8, 4) is 45.3 Å². The van der Waals surface area contributed by atoms with Gasteiger partial charge in [-0.1, -0.05) is 137 Å². The topological polar surface area (TPSA) is 52.8 Å². The van der Waals surface area contributed by atoms with E-state index in [2.05, 4.69) is 308 Å². The minimum Gasteiger partial charge on any atom is -0.601 e. The van der Waals surface area contributed by atoms with Crippen LogP contribution < -0.4 is 18.6 Å². The van der Waals surface area contributed by atoms with E-state index >= 15 is 0 Å². The predicted molar refractivity (Wildman–Crippen MR) is 370 cm³/mol. The van der Waals surface area contributed by atoms with Gasteiger partial charge in [-0.25, -0.2) is 0 Å². The van der Waals surface area contributed by atoms with Crippen molar-refractivity contribution in [2.24, 2.45) is 0 Å². The summed E-state index contributed by atoms with van der Waals surface area (Å²) in [5.41, 5.74) is 22.7. The van der Waals surface area contributed by atoms with Gasteiger partial charge in [0.1, 0.15) is 11.4 Å². The molecule has 0 amide bonds. The molecule has 11 aromatic rings. The molecule has 17 rings (SSSR count). The van der Waals surface area contributed by atoms with Crippen molar-refractivity contribution in [1.29, 1.82) is 0 Å². The Kier molecular flexibility index (Phi) is 11.4. The molecule has 0 aliphatic carbocycles. The number of hydrogen-bond donors (Lipinski definition) is 0. The number of aromatic nitrogens is 2. The first-order valence-corrected chi connectivity index (χ1v) is 32.7. The monoisotopic (exact) mass is 1390 g/mol. The number of allylic oxidation sites excluding steroid dienone is 5. The van der Waals surface area contributed by atoms with Crippen LogP contribution in [0.3, 0.4) is 0 Å². The first kappa shape index (κ1) is 53.4. The molecule has 8 nitrogen and oxygen atoms in total. The summed E-state index contributed by atoms with van der Waals surface area (Å²) < 4.78 is 45.0. The lowest BCUT2D eigenvalue weighted by atomic mass is 9.77. The van der Waals surface area contributed by atoms with Crippen molar-refractivity contribution in [2.45, 2.75) is 62.3 Å². The average molecular weight is 1390 g/mol. The van der Waals surface area contributed by atoms with Crippen LogP contribution in [-0.4, -0.2) is 43.0 Å². The molecule has 2 spiro atoms. The lowest BCUT2D eigenvalue weighted by molar-refractivity contribution is -0.372. The molecular weight excluding hydrogens is 1340 g/mol. The summed E-state index contributed by atoms with van der Waals surface area (Å²) in [6, 6.07) is 57.0. The summed E-state index contributed by atoms with van der Waals surface area (Å²) in [5, 5.41) is 8.76. The van der Waals surface area contributed by atoms with Crippen molar-refractivity contribution >= 4 is 149 Å². The standard InChI is InChI=1S/C73H54B2Br4N4O4/c1-37-30-40(4)80-70(37)44(8)73-43(7)64(45(9)83(73)75(80)86-62-28-16-50-35-54(78)20-24-58(50)68(62)69-59-25-21-55(79)36-51(59)17-29-63(69)87-75)46-10-12-47(13-11-46)65-71-38(2)31-41(5)81(71)74(82-42(6)32-39(3)72(65)82)84-60-26-14-48-33-52(76)18-22-56(48)66(60)67-57-23-19-53(77)34-49(57)15-27-61(67)85-74/h10-36H,1-9H3. The summed E-state index contributed by atoms with van der Waals surface area (Å²) in [6.07, 6.45) is 2.28. The van der Waals surface area contributed by atoms with E-state index in [1.165, 1.54) is 11.1 Å². The minimum absolute atomic E-state index is 0.756. The fraction of sp³-hybridized carbons (Fsp3) is 0.123. The molecule has 0 radical (unpaired) electrons. The minimum atomic E-state index is -2.58. The second-order valence-electron chi connectivity index (χ2n) is 24.4. The van der Waals surface area contributed by atoms with Crippen molar-refractivity contribution in [1.82, 2.24) is 8.96 Å². The Bertz CT molecular complexity index is 5140. The summed E-state index contributed by atoms with van der Waals surface area (Å²) >= 11 is 15.1. The molecule has 0 saturated heterocycles. The molecule has 0 bridgehead atoms. The molecular formula is C73H54B2Br4N4O4. The highest BCUT2D eigenvalue weighted by molar-refractivity contribution is 9.11. The summed E-state index contributed by atoms with van der Waals surface area (Å²) in [7, 11) is 0. The zero-order chi connectivity index (χ0) is 59.6. The van der Waals surface area contributed by atoms with E-state index in [0.29, 0.717) is 0 Å². The average Bonchev–Trinajstić information content (AvgIpc) is 1.56. The van der Waals surface area contributed by atoms with Crippen LogP contribution in [-0.2, 0) is 0 Å². The van der Waals surface area contributed by atoms with Gasteiger partial charge in [0, 0.05) is 88.2 Å². The summed E-state index contributed by atoms with van der Waals surface area (Å²) in [5.74, 6) is 3.03. The van der Waals surface area contributed by atoms with Crippen LogP contribution in [0.2, 0.25) is 0 Å². The number of halogens is 4. The van der Waals surface area contributed by atoms with Crippen LogP contribution in [0.25, 0.3) is 82.1 Å². The van der Waals surface area contributed by atoms with Crippen molar-refractivity contribution in [2.75, 3.05) is 0 Å². The van der Waals surface area contributed by atoms with Crippen molar-refractivity contribution in [3.63, 3.8) is 0 Å². The highest BCUT2D eigenvalue weighted by Crippen LogP contribution is 2.56. The van der Waals surface area contributed by atoms with Gasteiger partial charge in [-0.15, -0.1) is 0 Å². The number of rotatable bonds is 2. The third-order valence-corrected chi connectivity index (χ3v) is 21.3. The van der Waals surface area contributed by atoms with Crippen molar-refractivity contribution in [3.05, 3.63) is 249 Å². The van der Waals surface area contributed by atoms with E-state index in [4.69, 9.17) is 18.6 Å². The van der Waals surface area contributed by atoms with Gasteiger partial charge in [-0.2, -0.15) is 0 Å². The molecule has 6 aliphatic heterocycles. The molecule has 0 saturated carbocycles. The molecule has 0 atom stereocenters. The largest absolute Gasteiger partial charge is 0.780 e. The molecule has 14 heteroatoms. The second-order valence-corrected chi connectivity index (χ2v) is 28.1. The third kappa shape index (κ3) is 7.24. The number of benzene rings is 9. The summed E-state index contributed by atoms with van der Waals surface area (Å²) in [4.78, 5) is 0. The molecule has 2 aromatic heterocycles. The fourth-order valence-electron chi connectivity index (χ4n) is 16.2. The highest BCUT2D eigenvalue weighted by atomic mass is 79.9. The predicted octanol–water partition coefficient (Wildman–Crippen LogP) is 19.9. The number of aryl methyl sites for hydroxylation is 4. The molecule has 0 N–H and O–H groups in total. The van der Waals surface area contributed by atoms with Gasteiger partial charge in [0.15, 0.2) is 11.4 Å². The van der Waals surface area contributed by atoms with Crippen LogP contribution in [0.5, 0.6) is 23.0 Å². The molecule has 9 aromatic carbocycles. The van der Waals surface area contributed by atoms with Gasteiger partial charge < -0.3 is 36.5 Å². The Morgan fingerprint density at radius 1 is 0.368 bits per heavy atom. The van der Waals surface area contributed by atoms with E-state index in [-0.39, 0.29) is 0 Å². The van der Waals surface area contributed by atoms with Crippen LogP contribution in [0.15, 0.2) is 204 Å². The Labute approximate surface area is 537 Å². The first-order valence-electron chi connectivity index (χ1n) is 29.5. The molecule has 424 valence electrons. The van der Waals surface area contributed by atoms with E-state index < -0.39 is 13.6 Å². The zero-order valence-electron chi connectivity index (χ0n) is 49.2. The maximum Gasteiger partial charge on any atom is 0.780 e. The van der Waals surface area contributed by atoms with Gasteiger partial charge >= 0.3 is 13.6 Å². The van der Waals surface area contributed by atoms with Crippen molar-refractivity contribution < 1.29 is 27.6 Å². The Morgan fingerprint density at radius 3 is 1.15 bits per heavy atom. The van der Waals surface area contributed by atoms with Gasteiger partial charge in [0.25, 0.3) is 0 Å². The van der Waals surface area contributed by atoms with Gasteiger partial charge in [0.2, 0.25) is 0 Å². The summed E-state index contributed by atoms with van der Waals surface area (Å²) in [6.45, 7) is 14.8. The highest BCUT2D eigenvalue weighted by Gasteiger charge is 2.63. The first-order chi connectivity index (χ1) is 41.9. The maximum absolute atomic E-state index is 7.89. The van der Waals surface area contributed by atoms with E-state index in [1.807, 2.05) is 0 Å². The molecule has 87 heavy (non-hydrogen) atoms.